The lowest BCUT2D eigenvalue weighted by Gasteiger charge is -2.29. The van der Waals surface area contributed by atoms with Crippen LogP contribution in [0.15, 0.2) is 11.3 Å². The van der Waals surface area contributed by atoms with Crippen molar-refractivity contribution in [1.82, 2.24) is 9.80 Å². The summed E-state index contributed by atoms with van der Waals surface area (Å²) in [5, 5.41) is 18.1. The maximum absolute atomic E-state index is 12.3. The van der Waals surface area contributed by atoms with E-state index in [0.29, 0.717) is 24.2 Å². The minimum atomic E-state index is -1.49. The molecule has 0 radical (unpaired) electrons. The lowest BCUT2D eigenvalue weighted by Crippen LogP contribution is -2.39. The van der Waals surface area contributed by atoms with Crippen LogP contribution in [0.3, 0.4) is 0 Å². The molecule has 1 fully saturated rings. The maximum Gasteiger partial charge on any atom is 0.277 e. The van der Waals surface area contributed by atoms with Crippen LogP contribution < -0.4 is 0 Å². The topological polar surface area (TPSA) is 81.1 Å². The molecule has 2 N–H and O–H groups in total. The van der Waals surface area contributed by atoms with Crippen molar-refractivity contribution in [3.05, 3.63) is 11.3 Å². The predicted molar refractivity (Wildman–Crippen MR) is 60.9 cm³/mol. The number of carbonyl (C=O) groups excluding carboxylic acids is 2. The van der Waals surface area contributed by atoms with Crippen LogP contribution in [-0.2, 0) is 9.59 Å². The van der Waals surface area contributed by atoms with Crippen molar-refractivity contribution in [2.24, 2.45) is 0 Å². The molecular weight excluding hydrogens is 236 g/mol. The van der Waals surface area contributed by atoms with Crippen LogP contribution in [0.25, 0.3) is 0 Å². The van der Waals surface area contributed by atoms with Crippen molar-refractivity contribution in [1.29, 1.82) is 0 Å². The highest BCUT2D eigenvalue weighted by atomic mass is 16.5. The Hall–Kier alpha value is -1.40. The summed E-state index contributed by atoms with van der Waals surface area (Å²) in [4.78, 5) is 27.4. The van der Waals surface area contributed by atoms with Crippen molar-refractivity contribution >= 4 is 11.8 Å². The largest absolute Gasteiger partial charge is 0.367 e. The first-order valence-electron chi connectivity index (χ1n) is 6.31. The number of aliphatic hydroxyl groups is 2. The van der Waals surface area contributed by atoms with Gasteiger partial charge >= 0.3 is 0 Å². The quantitative estimate of drug-likeness (QED) is 0.506. The van der Waals surface area contributed by atoms with Gasteiger partial charge in [0.2, 0.25) is 0 Å². The van der Waals surface area contributed by atoms with Gasteiger partial charge in [-0.1, -0.05) is 0 Å². The number of hydrogen-bond acceptors (Lipinski definition) is 5. The second-order valence-electron chi connectivity index (χ2n) is 5.07. The van der Waals surface area contributed by atoms with Crippen molar-refractivity contribution in [3.63, 3.8) is 0 Å². The molecule has 0 atom stereocenters. The fourth-order valence-electron chi connectivity index (χ4n) is 2.74. The number of nitrogens with zero attached hydrogens (tertiary/aromatic N) is 2. The number of hydrogen-bond donors (Lipinski definition) is 2. The zero-order valence-corrected chi connectivity index (χ0v) is 10.0. The summed E-state index contributed by atoms with van der Waals surface area (Å²) in [6.45, 7) is 0.574. The Morgan fingerprint density at radius 1 is 1.22 bits per heavy atom. The standard InChI is InChI=1S/C12H16N2O4/c15-9(16)6-13-5-1-2-8-10(13)12(18)14(11(8)17)7-3-4-7/h7,9,15-16H,1-6H2. The van der Waals surface area contributed by atoms with Crippen molar-refractivity contribution in [3.8, 4) is 0 Å². The third-order valence-electron chi connectivity index (χ3n) is 3.65. The van der Waals surface area contributed by atoms with E-state index in [0.717, 1.165) is 19.3 Å². The van der Waals surface area contributed by atoms with Gasteiger partial charge in [0.1, 0.15) is 5.70 Å². The number of β-amino-alcohol motifs (C(OH)–C–C–N with tert-alkyl or cyclic N) is 2. The highest BCUT2D eigenvalue weighted by Gasteiger charge is 2.48. The Morgan fingerprint density at radius 2 is 1.94 bits per heavy atom. The Morgan fingerprint density at radius 3 is 2.56 bits per heavy atom. The van der Waals surface area contributed by atoms with Gasteiger partial charge in [-0.2, -0.15) is 0 Å². The second-order valence-corrected chi connectivity index (χ2v) is 5.07. The van der Waals surface area contributed by atoms with Gasteiger partial charge in [-0.3, -0.25) is 14.5 Å². The Kier molecular flexibility index (Phi) is 2.64. The third kappa shape index (κ3) is 1.72. The molecule has 0 saturated heterocycles. The van der Waals surface area contributed by atoms with E-state index in [4.69, 9.17) is 10.2 Å². The highest BCUT2D eigenvalue weighted by molar-refractivity contribution is 6.19. The van der Waals surface area contributed by atoms with E-state index in [1.807, 2.05) is 0 Å². The highest BCUT2D eigenvalue weighted by Crippen LogP contribution is 2.38. The molecule has 0 aromatic heterocycles. The lowest BCUT2D eigenvalue weighted by atomic mass is 10.0. The van der Waals surface area contributed by atoms with Crippen LogP contribution in [0.4, 0.5) is 0 Å². The molecule has 2 amide bonds. The van der Waals surface area contributed by atoms with Crippen LogP contribution in [0.2, 0.25) is 0 Å². The number of rotatable bonds is 3. The molecule has 3 aliphatic rings. The van der Waals surface area contributed by atoms with E-state index in [-0.39, 0.29) is 24.4 Å². The van der Waals surface area contributed by atoms with E-state index in [2.05, 4.69) is 0 Å². The summed E-state index contributed by atoms with van der Waals surface area (Å²) >= 11 is 0. The molecule has 0 unspecified atom stereocenters. The molecule has 1 saturated carbocycles. The smallest absolute Gasteiger partial charge is 0.277 e. The Balaban J connectivity index is 1.90. The SMILES string of the molecule is O=C1C2=C(C(=O)N1C1CC1)N(CC(O)O)CCC2. The summed E-state index contributed by atoms with van der Waals surface area (Å²) in [6.07, 6.45) is 1.67. The van der Waals surface area contributed by atoms with Gasteiger partial charge in [0, 0.05) is 18.2 Å². The molecule has 0 aromatic rings. The predicted octanol–water partition coefficient (Wildman–Crippen LogP) is -0.822. The molecule has 1 aliphatic carbocycles. The molecule has 3 rings (SSSR count). The Bertz CT molecular complexity index is 439. The first-order valence-corrected chi connectivity index (χ1v) is 6.31. The molecule has 98 valence electrons. The van der Waals surface area contributed by atoms with E-state index in [1.54, 1.807) is 4.90 Å². The summed E-state index contributed by atoms with van der Waals surface area (Å²) < 4.78 is 0. The fraction of sp³-hybridized carbons (Fsp3) is 0.667. The van der Waals surface area contributed by atoms with Crippen LogP contribution in [0.5, 0.6) is 0 Å². The maximum atomic E-state index is 12.3. The van der Waals surface area contributed by atoms with Crippen molar-refractivity contribution < 1.29 is 19.8 Å². The Labute approximate surface area is 104 Å². The van der Waals surface area contributed by atoms with E-state index in [9.17, 15) is 9.59 Å². The fourth-order valence-corrected chi connectivity index (χ4v) is 2.74. The van der Waals surface area contributed by atoms with Gasteiger partial charge in [0.25, 0.3) is 11.8 Å². The summed E-state index contributed by atoms with van der Waals surface area (Å²) in [5.74, 6) is -0.424. The first kappa shape index (κ1) is 11.7. The number of amides is 2. The van der Waals surface area contributed by atoms with Gasteiger partial charge < -0.3 is 15.1 Å². The van der Waals surface area contributed by atoms with Crippen molar-refractivity contribution in [2.75, 3.05) is 13.1 Å². The third-order valence-corrected chi connectivity index (χ3v) is 3.65. The van der Waals surface area contributed by atoms with Gasteiger partial charge in [0.15, 0.2) is 6.29 Å². The molecule has 18 heavy (non-hydrogen) atoms. The molecule has 6 heteroatoms. The van der Waals surface area contributed by atoms with Crippen LogP contribution in [0, 0.1) is 0 Å². The van der Waals surface area contributed by atoms with Gasteiger partial charge in [-0.05, 0) is 25.7 Å². The molecule has 0 bridgehead atoms. The zero-order valence-electron chi connectivity index (χ0n) is 10.0. The molecule has 2 heterocycles. The summed E-state index contributed by atoms with van der Waals surface area (Å²) in [5.41, 5.74) is 0.949. The molecule has 2 aliphatic heterocycles. The monoisotopic (exact) mass is 252 g/mol. The normalized spacial score (nSPS) is 24.4. The van der Waals surface area contributed by atoms with E-state index in [1.165, 1.54) is 4.90 Å². The lowest BCUT2D eigenvalue weighted by molar-refractivity contribution is -0.138. The number of aliphatic hydroxyl groups excluding tert-OH is 1. The van der Waals surface area contributed by atoms with Crippen LogP contribution >= 0.6 is 0 Å². The van der Waals surface area contributed by atoms with Gasteiger partial charge in [0.05, 0.1) is 6.54 Å². The van der Waals surface area contributed by atoms with Gasteiger partial charge in [-0.15, -0.1) is 0 Å². The summed E-state index contributed by atoms with van der Waals surface area (Å²) in [7, 11) is 0. The first-order chi connectivity index (χ1) is 8.59. The van der Waals surface area contributed by atoms with Crippen LogP contribution in [0.1, 0.15) is 25.7 Å². The second kappa shape index (κ2) is 4.07. The molecule has 0 spiro atoms. The molecular formula is C12H16N2O4. The van der Waals surface area contributed by atoms with Crippen molar-refractivity contribution in [2.45, 2.75) is 38.0 Å². The minimum Gasteiger partial charge on any atom is -0.367 e. The number of carbonyl (C=O) groups is 2. The average molecular weight is 252 g/mol. The minimum absolute atomic E-state index is 0.0175. The molecule has 0 aromatic carbocycles. The number of imide groups is 1. The van der Waals surface area contributed by atoms with E-state index >= 15 is 0 Å². The van der Waals surface area contributed by atoms with Gasteiger partial charge in [-0.25, -0.2) is 0 Å². The average Bonchev–Trinajstić information content (AvgIpc) is 3.08. The zero-order chi connectivity index (χ0) is 12.9. The summed E-state index contributed by atoms with van der Waals surface area (Å²) in [6, 6.07) is 0.0662. The van der Waals surface area contributed by atoms with E-state index < -0.39 is 6.29 Å². The molecule has 6 nitrogen and oxygen atoms in total. The van der Waals surface area contributed by atoms with Crippen LogP contribution in [-0.4, -0.2) is 57.2 Å².